The predicted octanol–water partition coefficient (Wildman–Crippen LogP) is -0.777. The van der Waals surface area contributed by atoms with Gasteiger partial charge in [-0.2, -0.15) is 0 Å². The van der Waals surface area contributed by atoms with Crippen LogP contribution in [0.1, 0.15) is 33.1 Å². The number of esters is 2. The minimum absolute atomic E-state index is 0.00887. The molecule has 2 atom stereocenters. The molecule has 0 saturated carbocycles. The lowest BCUT2D eigenvalue weighted by molar-refractivity contribution is -0.168. The SMILES string of the molecule is CC(CO)COC(=O)CCC(CCO)OC(=O)C(C)(CO)CO. The Bertz CT molecular complexity index is 353. The first-order chi connectivity index (χ1) is 10.8. The van der Waals surface area contributed by atoms with Crippen molar-refractivity contribution in [1.82, 2.24) is 0 Å². The molecule has 2 unspecified atom stereocenters. The monoisotopic (exact) mass is 336 g/mol. The number of carbonyl (C=O) groups excluding carboxylic acids is 2. The third kappa shape index (κ3) is 8.26. The number of hydrogen-bond acceptors (Lipinski definition) is 8. The van der Waals surface area contributed by atoms with Gasteiger partial charge in [-0.3, -0.25) is 9.59 Å². The Morgan fingerprint density at radius 2 is 1.70 bits per heavy atom. The van der Waals surface area contributed by atoms with E-state index in [0.29, 0.717) is 0 Å². The number of rotatable bonds is 12. The summed E-state index contributed by atoms with van der Waals surface area (Å²) in [5.74, 6) is -1.43. The van der Waals surface area contributed by atoms with Crippen LogP contribution in [0.25, 0.3) is 0 Å². The van der Waals surface area contributed by atoms with E-state index in [1.807, 2.05) is 0 Å². The van der Waals surface area contributed by atoms with Gasteiger partial charge in [0.1, 0.15) is 11.5 Å². The topological polar surface area (TPSA) is 134 Å². The molecular weight excluding hydrogens is 308 g/mol. The summed E-state index contributed by atoms with van der Waals surface area (Å²) in [5.41, 5.74) is -1.43. The van der Waals surface area contributed by atoms with E-state index >= 15 is 0 Å². The molecule has 0 aromatic carbocycles. The molecule has 0 aliphatic carbocycles. The van der Waals surface area contributed by atoms with Crippen LogP contribution < -0.4 is 0 Å². The van der Waals surface area contributed by atoms with Crippen molar-refractivity contribution < 1.29 is 39.5 Å². The molecular formula is C15H28O8. The van der Waals surface area contributed by atoms with E-state index in [2.05, 4.69) is 0 Å². The van der Waals surface area contributed by atoms with Crippen LogP contribution in [0.3, 0.4) is 0 Å². The summed E-state index contributed by atoms with van der Waals surface area (Å²) in [5, 5.41) is 36.2. The maximum absolute atomic E-state index is 11.9. The maximum Gasteiger partial charge on any atom is 0.316 e. The molecule has 23 heavy (non-hydrogen) atoms. The van der Waals surface area contributed by atoms with Crippen LogP contribution in [-0.4, -0.2) is 71.5 Å². The second-order valence-electron chi connectivity index (χ2n) is 5.93. The largest absolute Gasteiger partial charge is 0.465 e. The van der Waals surface area contributed by atoms with Gasteiger partial charge in [-0.1, -0.05) is 6.92 Å². The summed E-state index contributed by atoms with van der Waals surface area (Å²) in [7, 11) is 0. The number of hydrogen-bond donors (Lipinski definition) is 4. The maximum atomic E-state index is 11.9. The van der Waals surface area contributed by atoms with Crippen molar-refractivity contribution >= 4 is 11.9 Å². The van der Waals surface area contributed by atoms with Gasteiger partial charge in [-0.05, 0) is 13.3 Å². The molecule has 0 fully saturated rings. The Morgan fingerprint density at radius 3 is 2.17 bits per heavy atom. The summed E-state index contributed by atoms with van der Waals surface area (Å²) in [6.07, 6.45) is -0.428. The minimum Gasteiger partial charge on any atom is -0.465 e. The molecule has 0 radical (unpaired) electrons. The molecule has 0 aliphatic rings. The first kappa shape index (κ1) is 21.8. The smallest absolute Gasteiger partial charge is 0.316 e. The van der Waals surface area contributed by atoms with Gasteiger partial charge >= 0.3 is 11.9 Å². The van der Waals surface area contributed by atoms with E-state index in [4.69, 9.17) is 29.9 Å². The van der Waals surface area contributed by atoms with Gasteiger partial charge in [0, 0.05) is 32.0 Å². The molecule has 0 amide bonds. The second kappa shape index (κ2) is 11.3. The standard InChI is InChI=1S/C15H28O8/c1-11(7-17)8-22-13(20)4-3-12(5-6-16)23-14(21)15(2,9-18)10-19/h11-12,16-19H,3-10H2,1-2H3. The Labute approximate surface area is 136 Å². The fraction of sp³-hybridized carbons (Fsp3) is 0.867. The molecule has 136 valence electrons. The fourth-order valence-corrected chi connectivity index (χ4v) is 1.52. The quantitative estimate of drug-likeness (QED) is 0.341. The molecule has 0 bridgehead atoms. The Kier molecular flexibility index (Phi) is 10.7. The van der Waals surface area contributed by atoms with Crippen LogP contribution in [0.2, 0.25) is 0 Å². The van der Waals surface area contributed by atoms with Crippen molar-refractivity contribution in [3.63, 3.8) is 0 Å². The highest BCUT2D eigenvalue weighted by Gasteiger charge is 2.35. The average molecular weight is 336 g/mol. The lowest BCUT2D eigenvalue weighted by Gasteiger charge is -2.26. The van der Waals surface area contributed by atoms with Crippen LogP contribution in [-0.2, 0) is 19.1 Å². The van der Waals surface area contributed by atoms with Crippen LogP contribution in [0, 0.1) is 11.3 Å². The van der Waals surface area contributed by atoms with Crippen molar-refractivity contribution in [2.75, 3.05) is 33.0 Å². The minimum atomic E-state index is -1.43. The highest BCUT2D eigenvalue weighted by atomic mass is 16.6. The molecule has 8 nitrogen and oxygen atoms in total. The zero-order chi connectivity index (χ0) is 17.9. The Morgan fingerprint density at radius 1 is 1.09 bits per heavy atom. The first-order valence-electron chi connectivity index (χ1n) is 7.63. The van der Waals surface area contributed by atoms with Crippen molar-refractivity contribution in [2.24, 2.45) is 11.3 Å². The summed E-state index contributed by atoms with van der Waals surface area (Å²) in [4.78, 5) is 23.5. The third-order valence-electron chi connectivity index (χ3n) is 3.43. The number of aliphatic hydroxyl groups is 4. The number of aliphatic hydroxyl groups excluding tert-OH is 4. The van der Waals surface area contributed by atoms with E-state index < -0.39 is 36.7 Å². The second-order valence-corrected chi connectivity index (χ2v) is 5.93. The van der Waals surface area contributed by atoms with E-state index in [-0.39, 0.29) is 45.0 Å². The van der Waals surface area contributed by atoms with Crippen molar-refractivity contribution in [2.45, 2.75) is 39.2 Å². The van der Waals surface area contributed by atoms with Gasteiger partial charge in [-0.15, -0.1) is 0 Å². The third-order valence-corrected chi connectivity index (χ3v) is 3.43. The molecule has 0 aromatic rings. The zero-order valence-corrected chi connectivity index (χ0v) is 13.7. The Hall–Kier alpha value is -1.22. The van der Waals surface area contributed by atoms with Gasteiger partial charge in [-0.25, -0.2) is 0 Å². The van der Waals surface area contributed by atoms with Crippen LogP contribution >= 0.6 is 0 Å². The van der Waals surface area contributed by atoms with Crippen molar-refractivity contribution in [3.05, 3.63) is 0 Å². The molecule has 0 spiro atoms. The molecule has 0 aliphatic heterocycles. The average Bonchev–Trinajstić information content (AvgIpc) is 2.56. The number of carbonyl (C=O) groups is 2. The van der Waals surface area contributed by atoms with E-state index in [1.165, 1.54) is 6.92 Å². The van der Waals surface area contributed by atoms with E-state index in [1.54, 1.807) is 6.92 Å². The lowest BCUT2D eigenvalue weighted by atomic mass is 9.93. The molecule has 8 heteroatoms. The lowest BCUT2D eigenvalue weighted by Crippen LogP contribution is -2.39. The predicted molar refractivity (Wildman–Crippen MR) is 80.3 cm³/mol. The summed E-state index contributed by atoms with van der Waals surface area (Å²) in [6, 6.07) is 0. The normalized spacial score (nSPS) is 14.2. The molecule has 0 aromatic heterocycles. The summed E-state index contributed by atoms with van der Waals surface area (Å²) >= 11 is 0. The van der Waals surface area contributed by atoms with Crippen LogP contribution in [0.4, 0.5) is 0 Å². The Balaban J connectivity index is 4.41. The first-order valence-corrected chi connectivity index (χ1v) is 7.63. The summed E-state index contributed by atoms with van der Waals surface area (Å²) in [6.45, 7) is 1.73. The van der Waals surface area contributed by atoms with Gasteiger partial charge in [0.15, 0.2) is 0 Å². The van der Waals surface area contributed by atoms with Gasteiger partial charge < -0.3 is 29.9 Å². The molecule has 4 N–H and O–H groups in total. The highest BCUT2D eigenvalue weighted by Crippen LogP contribution is 2.20. The zero-order valence-electron chi connectivity index (χ0n) is 13.7. The number of ether oxygens (including phenoxy) is 2. The molecule has 0 rings (SSSR count). The molecule has 0 heterocycles. The van der Waals surface area contributed by atoms with E-state index in [9.17, 15) is 9.59 Å². The van der Waals surface area contributed by atoms with Gasteiger partial charge in [0.05, 0.1) is 19.8 Å². The van der Waals surface area contributed by atoms with Crippen LogP contribution in [0.15, 0.2) is 0 Å². The van der Waals surface area contributed by atoms with Crippen molar-refractivity contribution in [1.29, 1.82) is 0 Å². The molecule has 0 saturated heterocycles. The van der Waals surface area contributed by atoms with Gasteiger partial charge in [0.25, 0.3) is 0 Å². The van der Waals surface area contributed by atoms with E-state index in [0.717, 1.165) is 0 Å². The van der Waals surface area contributed by atoms with Crippen molar-refractivity contribution in [3.8, 4) is 0 Å². The highest BCUT2D eigenvalue weighted by molar-refractivity contribution is 5.77. The van der Waals surface area contributed by atoms with Gasteiger partial charge in [0.2, 0.25) is 0 Å². The summed E-state index contributed by atoms with van der Waals surface area (Å²) < 4.78 is 10.1. The van der Waals surface area contributed by atoms with Crippen LogP contribution in [0.5, 0.6) is 0 Å². The fourth-order valence-electron chi connectivity index (χ4n) is 1.52.